The maximum Gasteiger partial charge on any atom is 0.342 e. The first-order valence-corrected chi connectivity index (χ1v) is 7.32. The molecule has 0 unspecified atom stereocenters. The van der Waals surface area contributed by atoms with Gasteiger partial charge in [0.25, 0.3) is 5.91 Å². The molecule has 0 fully saturated rings. The molecule has 120 valence electrons. The molecule has 0 bridgehead atoms. The van der Waals surface area contributed by atoms with Crippen molar-refractivity contribution in [3.63, 3.8) is 0 Å². The van der Waals surface area contributed by atoms with Gasteiger partial charge in [0.1, 0.15) is 11.3 Å². The molecule has 0 saturated heterocycles. The van der Waals surface area contributed by atoms with Crippen molar-refractivity contribution < 1.29 is 19.1 Å². The molecule has 1 N–H and O–H groups in total. The number of carbonyl (C=O) groups is 2. The van der Waals surface area contributed by atoms with E-state index in [1.54, 1.807) is 42.5 Å². The number of halogens is 2. The number of amides is 1. The Kier molecular flexibility index (Phi) is 5.84. The van der Waals surface area contributed by atoms with Crippen LogP contribution in [0.4, 0.5) is 5.69 Å². The molecular formula is C16H13Cl2NO4. The van der Waals surface area contributed by atoms with E-state index in [1.807, 2.05) is 0 Å². The van der Waals surface area contributed by atoms with Crippen LogP contribution in [0.25, 0.3) is 0 Å². The van der Waals surface area contributed by atoms with Crippen LogP contribution in [0.3, 0.4) is 0 Å². The van der Waals surface area contributed by atoms with Crippen LogP contribution < -0.4 is 10.1 Å². The molecule has 7 heteroatoms. The summed E-state index contributed by atoms with van der Waals surface area (Å²) in [6, 6.07) is 11.4. The Hall–Kier alpha value is -2.24. The Morgan fingerprint density at radius 3 is 2.57 bits per heavy atom. The number of para-hydroxylation sites is 1. The van der Waals surface area contributed by atoms with E-state index in [4.69, 9.17) is 32.7 Å². The van der Waals surface area contributed by atoms with Crippen molar-refractivity contribution in [2.24, 2.45) is 0 Å². The van der Waals surface area contributed by atoms with Gasteiger partial charge in [-0.05, 0) is 24.3 Å². The first kappa shape index (κ1) is 17.1. The van der Waals surface area contributed by atoms with Crippen LogP contribution in [0.15, 0.2) is 42.5 Å². The summed E-state index contributed by atoms with van der Waals surface area (Å²) in [6.07, 6.45) is 0. The van der Waals surface area contributed by atoms with Crippen molar-refractivity contribution in [2.45, 2.75) is 0 Å². The van der Waals surface area contributed by atoms with Crippen molar-refractivity contribution in [1.29, 1.82) is 0 Å². The largest absolute Gasteiger partial charge is 0.496 e. The summed E-state index contributed by atoms with van der Waals surface area (Å²) in [4.78, 5) is 23.8. The zero-order valence-corrected chi connectivity index (χ0v) is 13.6. The number of anilines is 1. The first-order chi connectivity index (χ1) is 11.0. The maximum absolute atomic E-state index is 12.0. The summed E-state index contributed by atoms with van der Waals surface area (Å²) in [5, 5.41) is 3.06. The molecule has 0 spiro atoms. The highest BCUT2D eigenvalue weighted by atomic mass is 35.5. The van der Waals surface area contributed by atoms with Gasteiger partial charge in [0, 0.05) is 0 Å². The van der Waals surface area contributed by atoms with Gasteiger partial charge in [-0.3, -0.25) is 4.79 Å². The molecule has 0 aliphatic rings. The Balaban J connectivity index is 1.96. The van der Waals surface area contributed by atoms with E-state index in [-0.39, 0.29) is 10.6 Å². The second-order valence-electron chi connectivity index (χ2n) is 4.43. The molecule has 0 atom stereocenters. The number of ether oxygens (including phenoxy) is 2. The molecular weight excluding hydrogens is 341 g/mol. The van der Waals surface area contributed by atoms with Crippen molar-refractivity contribution in [2.75, 3.05) is 19.0 Å². The molecule has 0 saturated carbocycles. The van der Waals surface area contributed by atoms with E-state index < -0.39 is 18.5 Å². The standard InChI is InChI=1S/C16H13Cl2NO4/c1-22-13-8-3-2-5-10(13)16(21)23-9-14(20)19-12-7-4-6-11(17)15(12)18/h2-8H,9H2,1H3,(H,19,20). The van der Waals surface area contributed by atoms with Crippen LogP contribution in [0, 0.1) is 0 Å². The highest BCUT2D eigenvalue weighted by Crippen LogP contribution is 2.29. The van der Waals surface area contributed by atoms with Gasteiger partial charge in [-0.1, -0.05) is 41.4 Å². The van der Waals surface area contributed by atoms with Crippen molar-refractivity contribution in [3.8, 4) is 5.75 Å². The van der Waals surface area contributed by atoms with Gasteiger partial charge in [0.05, 0.1) is 22.8 Å². The normalized spacial score (nSPS) is 10.0. The summed E-state index contributed by atoms with van der Waals surface area (Å²) < 4.78 is 10.0. The van der Waals surface area contributed by atoms with E-state index in [2.05, 4.69) is 5.32 Å². The lowest BCUT2D eigenvalue weighted by Crippen LogP contribution is -2.21. The van der Waals surface area contributed by atoms with Crippen LogP contribution in [0.5, 0.6) is 5.75 Å². The molecule has 2 aromatic rings. The molecule has 0 aromatic heterocycles. The number of hydrogen-bond acceptors (Lipinski definition) is 4. The Morgan fingerprint density at radius 2 is 1.83 bits per heavy atom. The maximum atomic E-state index is 12.0. The molecule has 0 radical (unpaired) electrons. The van der Waals surface area contributed by atoms with Crippen molar-refractivity contribution >= 4 is 40.8 Å². The fourth-order valence-electron chi connectivity index (χ4n) is 1.81. The zero-order valence-electron chi connectivity index (χ0n) is 12.1. The second-order valence-corrected chi connectivity index (χ2v) is 5.21. The quantitative estimate of drug-likeness (QED) is 0.830. The topological polar surface area (TPSA) is 64.6 Å². The summed E-state index contributed by atoms with van der Waals surface area (Å²) in [5.41, 5.74) is 0.584. The lowest BCUT2D eigenvalue weighted by molar-refractivity contribution is -0.119. The minimum Gasteiger partial charge on any atom is -0.496 e. The van der Waals surface area contributed by atoms with E-state index in [0.717, 1.165) is 0 Å². The van der Waals surface area contributed by atoms with Crippen LogP contribution in [-0.4, -0.2) is 25.6 Å². The third-order valence-electron chi connectivity index (χ3n) is 2.89. The van der Waals surface area contributed by atoms with Gasteiger partial charge in [-0.2, -0.15) is 0 Å². The molecule has 2 aromatic carbocycles. The van der Waals surface area contributed by atoms with E-state index >= 15 is 0 Å². The number of rotatable bonds is 5. The minimum atomic E-state index is -0.658. The number of carbonyl (C=O) groups excluding carboxylic acids is 2. The predicted molar refractivity (Wildman–Crippen MR) is 88.4 cm³/mol. The Labute approximate surface area is 143 Å². The number of methoxy groups -OCH3 is 1. The molecule has 23 heavy (non-hydrogen) atoms. The van der Waals surface area contributed by atoms with Gasteiger partial charge in [0.15, 0.2) is 6.61 Å². The van der Waals surface area contributed by atoms with Crippen LogP contribution >= 0.6 is 23.2 Å². The van der Waals surface area contributed by atoms with Gasteiger partial charge < -0.3 is 14.8 Å². The summed E-state index contributed by atoms with van der Waals surface area (Å²) >= 11 is 11.8. The molecule has 1 amide bonds. The second kappa shape index (κ2) is 7.85. The third-order valence-corrected chi connectivity index (χ3v) is 3.71. The van der Waals surface area contributed by atoms with E-state index in [0.29, 0.717) is 16.5 Å². The lowest BCUT2D eigenvalue weighted by Gasteiger charge is -2.10. The fraction of sp³-hybridized carbons (Fsp3) is 0.125. The monoisotopic (exact) mass is 353 g/mol. The first-order valence-electron chi connectivity index (χ1n) is 6.57. The Bertz CT molecular complexity index is 734. The predicted octanol–water partition coefficient (Wildman–Crippen LogP) is 3.80. The molecule has 2 rings (SSSR count). The van der Waals surface area contributed by atoms with Crippen molar-refractivity contribution in [1.82, 2.24) is 0 Å². The van der Waals surface area contributed by atoms with Crippen LogP contribution in [-0.2, 0) is 9.53 Å². The number of nitrogens with one attached hydrogen (secondary N) is 1. The highest BCUT2D eigenvalue weighted by Gasteiger charge is 2.15. The fourth-order valence-corrected chi connectivity index (χ4v) is 2.16. The molecule has 0 aliphatic heterocycles. The molecule has 0 aliphatic carbocycles. The molecule has 0 heterocycles. The van der Waals surface area contributed by atoms with Gasteiger partial charge in [0.2, 0.25) is 0 Å². The summed E-state index contributed by atoms with van der Waals surface area (Å²) in [7, 11) is 1.44. The van der Waals surface area contributed by atoms with E-state index in [1.165, 1.54) is 7.11 Å². The van der Waals surface area contributed by atoms with Crippen molar-refractivity contribution in [3.05, 3.63) is 58.1 Å². The number of benzene rings is 2. The average molecular weight is 354 g/mol. The van der Waals surface area contributed by atoms with Crippen LogP contribution in [0.1, 0.15) is 10.4 Å². The average Bonchev–Trinajstić information content (AvgIpc) is 2.56. The lowest BCUT2D eigenvalue weighted by atomic mass is 10.2. The van der Waals surface area contributed by atoms with Crippen LogP contribution in [0.2, 0.25) is 10.0 Å². The summed E-state index contributed by atoms with van der Waals surface area (Å²) in [5.74, 6) is -0.817. The third kappa shape index (κ3) is 4.37. The zero-order chi connectivity index (χ0) is 16.8. The molecule has 5 nitrogen and oxygen atoms in total. The summed E-state index contributed by atoms with van der Waals surface area (Å²) in [6.45, 7) is -0.459. The Morgan fingerprint density at radius 1 is 1.09 bits per heavy atom. The number of hydrogen-bond donors (Lipinski definition) is 1. The van der Waals surface area contributed by atoms with Gasteiger partial charge >= 0.3 is 5.97 Å². The van der Waals surface area contributed by atoms with Gasteiger partial charge in [-0.25, -0.2) is 4.79 Å². The van der Waals surface area contributed by atoms with Gasteiger partial charge in [-0.15, -0.1) is 0 Å². The number of esters is 1. The highest BCUT2D eigenvalue weighted by molar-refractivity contribution is 6.44. The minimum absolute atomic E-state index is 0.221. The van der Waals surface area contributed by atoms with E-state index in [9.17, 15) is 9.59 Å². The SMILES string of the molecule is COc1ccccc1C(=O)OCC(=O)Nc1cccc(Cl)c1Cl. The smallest absolute Gasteiger partial charge is 0.342 e.